The molecule has 1 fully saturated rings. The molecule has 0 saturated carbocycles. The molecule has 2 heterocycles. The van der Waals surface area contributed by atoms with Gasteiger partial charge in [-0.1, -0.05) is 24.3 Å². The molecule has 1 aliphatic rings. The molecule has 0 unspecified atom stereocenters. The van der Waals surface area contributed by atoms with E-state index < -0.39 is 0 Å². The van der Waals surface area contributed by atoms with Crippen molar-refractivity contribution in [2.75, 3.05) is 13.1 Å². The van der Waals surface area contributed by atoms with Crippen molar-refractivity contribution in [2.24, 2.45) is 0 Å². The third kappa shape index (κ3) is 3.76. The molecule has 6 nitrogen and oxygen atoms in total. The van der Waals surface area contributed by atoms with E-state index in [2.05, 4.69) is 14.9 Å². The van der Waals surface area contributed by atoms with Crippen molar-refractivity contribution in [1.29, 1.82) is 0 Å². The fraction of sp³-hybridized carbons (Fsp3) is 0.318. The summed E-state index contributed by atoms with van der Waals surface area (Å²) in [5.41, 5.74) is 3.65. The van der Waals surface area contributed by atoms with Gasteiger partial charge in [0.15, 0.2) is 0 Å². The predicted molar refractivity (Wildman–Crippen MR) is 108 cm³/mol. The maximum atomic E-state index is 12.6. The van der Waals surface area contributed by atoms with Gasteiger partial charge in [-0.15, -0.1) is 0 Å². The predicted octanol–water partition coefficient (Wildman–Crippen LogP) is 2.90. The number of para-hydroxylation sites is 2. The second-order valence-electron chi connectivity index (χ2n) is 7.17. The number of nitrogens with zero attached hydrogens (tertiary/aromatic N) is 3. The number of fused-ring (bicyclic) bond motifs is 1. The fourth-order valence-electron chi connectivity index (χ4n) is 3.76. The van der Waals surface area contributed by atoms with Crippen LogP contribution in [-0.4, -0.2) is 39.4 Å². The number of benzene rings is 2. The van der Waals surface area contributed by atoms with E-state index in [4.69, 9.17) is 0 Å². The van der Waals surface area contributed by atoms with Crippen molar-refractivity contribution < 1.29 is 9.59 Å². The lowest BCUT2D eigenvalue weighted by molar-refractivity contribution is -0.128. The summed E-state index contributed by atoms with van der Waals surface area (Å²) < 4.78 is 2.12. The van der Waals surface area contributed by atoms with E-state index >= 15 is 0 Å². The Morgan fingerprint density at radius 3 is 2.86 bits per heavy atom. The van der Waals surface area contributed by atoms with Crippen molar-refractivity contribution >= 4 is 22.8 Å². The number of carbonyl (C=O) groups excluding carboxylic acids is 2. The van der Waals surface area contributed by atoms with Crippen molar-refractivity contribution in [1.82, 2.24) is 19.8 Å². The molecule has 2 amide bonds. The van der Waals surface area contributed by atoms with Crippen LogP contribution >= 0.6 is 0 Å². The molecular weight excluding hydrogens is 352 g/mol. The number of amides is 2. The van der Waals surface area contributed by atoms with Gasteiger partial charge in [0.1, 0.15) is 5.82 Å². The molecule has 28 heavy (non-hydrogen) atoms. The number of carbonyl (C=O) groups is 2. The summed E-state index contributed by atoms with van der Waals surface area (Å²) in [5.74, 6) is 1.03. The summed E-state index contributed by atoms with van der Waals surface area (Å²) in [6.45, 7) is 4.54. The van der Waals surface area contributed by atoms with Crippen LogP contribution in [0.5, 0.6) is 0 Å². The largest absolute Gasteiger partial charge is 0.350 e. The molecular formula is C22H24N4O2. The molecule has 0 spiro atoms. The van der Waals surface area contributed by atoms with Gasteiger partial charge < -0.3 is 14.8 Å². The number of rotatable bonds is 6. The van der Waals surface area contributed by atoms with Gasteiger partial charge in [-0.25, -0.2) is 4.98 Å². The number of nitrogens with one attached hydrogen (secondary N) is 1. The molecule has 0 bridgehead atoms. The lowest BCUT2D eigenvalue weighted by atomic mass is 10.1. The highest BCUT2D eigenvalue weighted by molar-refractivity contribution is 5.94. The molecule has 2 aromatic carbocycles. The van der Waals surface area contributed by atoms with Crippen molar-refractivity contribution in [3.05, 3.63) is 65.5 Å². The zero-order valence-corrected chi connectivity index (χ0v) is 16.0. The molecule has 144 valence electrons. The van der Waals surface area contributed by atoms with Gasteiger partial charge in [0.25, 0.3) is 5.91 Å². The van der Waals surface area contributed by atoms with E-state index in [9.17, 15) is 9.59 Å². The highest BCUT2D eigenvalue weighted by atomic mass is 16.2. The smallest absolute Gasteiger partial charge is 0.251 e. The highest BCUT2D eigenvalue weighted by Gasteiger charge is 2.20. The van der Waals surface area contributed by atoms with E-state index in [1.54, 1.807) is 0 Å². The molecule has 1 saturated heterocycles. The Morgan fingerprint density at radius 1 is 1.18 bits per heavy atom. The summed E-state index contributed by atoms with van der Waals surface area (Å²) in [6, 6.07) is 15.5. The maximum Gasteiger partial charge on any atom is 0.251 e. The van der Waals surface area contributed by atoms with E-state index in [1.807, 2.05) is 60.4 Å². The van der Waals surface area contributed by atoms with Gasteiger partial charge in [0.05, 0.1) is 11.0 Å². The monoisotopic (exact) mass is 376 g/mol. The van der Waals surface area contributed by atoms with Crippen LogP contribution in [0.25, 0.3) is 11.0 Å². The molecule has 1 aromatic heterocycles. The SMILES string of the molecule is Cc1nc2ccccc2n1CCNC(=O)c1cccc(CN2CCCC2=O)c1. The Balaban J connectivity index is 1.38. The van der Waals surface area contributed by atoms with Gasteiger partial charge in [-0.2, -0.15) is 0 Å². The Morgan fingerprint density at radius 2 is 2.04 bits per heavy atom. The summed E-state index contributed by atoms with van der Waals surface area (Å²) in [7, 11) is 0. The number of hydrogen-bond acceptors (Lipinski definition) is 3. The lowest BCUT2D eigenvalue weighted by Gasteiger charge is -2.16. The van der Waals surface area contributed by atoms with E-state index in [0.717, 1.165) is 35.4 Å². The van der Waals surface area contributed by atoms with Gasteiger partial charge in [0, 0.05) is 38.2 Å². The molecule has 1 N–H and O–H groups in total. The van der Waals surface area contributed by atoms with Gasteiger partial charge >= 0.3 is 0 Å². The van der Waals surface area contributed by atoms with Crippen LogP contribution < -0.4 is 5.32 Å². The minimum atomic E-state index is -0.100. The number of aromatic nitrogens is 2. The van der Waals surface area contributed by atoms with Gasteiger partial charge in [0.2, 0.25) is 5.91 Å². The van der Waals surface area contributed by atoms with E-state index in [0.29, 0.717) is 31.6 Å². The maximum absolute atomic E-state index is 12.6. The van der Waals surface area contributed by atoms with Crippen LogP contribution in [0.2, 0.25) is 0 Å². The average molecular weight is 376 g/mol. The third-order valence-electron chi connectivity index (χ3n) is 5.20. The van der Waals surface area contributed by atoms with Crippen molar-refractivity contribution in [3.63, 3.8) is 0 Å². The van der Waals surface area contributed by atoms with E-state index in [1.165, 1.54) is 0 Å². The minimum Gasteiger partial charge on any atom is -0.350 e. The standard InChI is InChI=1S/C22H24N4O2/c1-16-24-19-8-2-3-9-20(19)26(16)13-11-23-22(28)18-7-4-6-17(14-18)15-25-12-5-10-21(25)27/h2-4,6-9,14H,5,10-13,15H2,1H3,(H,23,28). The zero-order valence-electron chi connectivity index (χ0n) is 16.0. The van der Waals surface area contributed by atoms with Crippen LogP contribution in [0.4, 0.5) is 0 Å². The number of aryl methyl sites for hydroxylation is 1. The Bertz CT molecular complexity index is 1020. The van der Waals surface area contributed by atoms with Crippen molar-refractivity contribution in [2.45, 2.75) is 32.9 Å². The molecule has 3 aromatic rings. The van der Waals surface area contributed by atoms with E-state index in [-0.39, 0.29) is 11.8 Å². The molecule has 0 aliphatic carbocycles. The number of imidazole rings is 1. The number of hydrogen-bond donors (Lipinski definition) is 1. The minimum absolute atomic E-state index is 0.100. The topological polar surface area (TPSA) is 67.2 Å². The summed E-state index contributed by atoms with van der Waals surface area (Å²) in [5, 5.41) is 2.99. The molecule has 4 rings (SSSR count). The summed E-state index contributed by atoms with van der Waals surface area (Å²) in [6.07, 6.45) is 1.55. The third-order valence-corrected chi connectivity index (χ3v) is 5.20. The molecule has 0 atom stereocenters. The summed E-state index contributed by atoms with van der Waals surface area (Å²) in [4.78, 5) is 30.8. The average Bonchev–Trinajstić information content (AvgIpc) is 3.24. The Labute approximate surface area is 164 Å². The first-order chi connectivity index (χ1) is 13.6. The van der Waals surface area contributed by atoms with Crippen LogP contribution in [0.15, 0.2) is 48.5 Å². The second-order valence-corrected chi connectivity index (χ2v) is 7.17. The molecule has 6 heteroatoms. The zero-order chi connectivity index (χ0) is 19.5. The van der Waals surface area contributed by atoms with Crippen LogP contribution in [0.1, 0.15) is 34.6 Å². The normalized spacial score (nSPS) is 14.0. The first kappa shape index (κ1) is 18.2. The highest BCUT2D eigenvalue weighted by Crippen LogP contribution is 2.16. The Hall–Kier alpha value is -3.15. The fourth-order valence-corrected chi connectivity index (χ4v) is 3.76. The van der Waals surface area contributed by atoms with Gasteiger partial charge in [-0.3, -0.25) is 9.59 Å². The Kier molecular flexibility index (Phi) is 5.10. The first-order valence-corrected chi connectivity index (χ1v) is 9.68. The first-order valence-electron chi connectivity index (χ1n) is 9.68. The second kappa shape index (κ2) is 7.84. The van der Waals surface area contributed by atoms with Crippen LogP contribution in [-0.2, 0) is 17.9 Å². The summed E-state index contributed by atoms with van der Waals surface area (Å²) >= 11 is 0. The van der Waals surface area contributed by atoms with Crippen molar-refractivity contribution in [3.8, 4) is 0 Å². The quantitative estimate of drug-likeness (QED) is 0.719. The number of likely N-dealkylation sites (tertiary alicyclic amines) is 1. The van der Waals surface area contributed by atoms with Gasteiger partial charge in [-0.05, 0) is 43.2 Å². The lowest BCUT2D eigenvalue weighted by Crippen LogP contribution is -2.28. The molecule has 0 radical (unpaired) electrons. The molecule has 1 aliphatic heterocycles. The van der Waals surface area contributed by atoms with Crippen LogP contribution in [0.3, 0.4) is 0 Å². The van der Waals surface area contributed by atoms with Crippen LogP contribution in [0, 0.1) is 6.92 Å².